The fourth-order valence-electron chi connectivity index (χ4n) is 2.09. The molecule has 0 aliphatic heterocycles. The van der Waals surface area contributed by atoms with Crippen LogP contribution in [0.2, 0.25) is 5.28 Å². The maximum Gasteiger partial charge on any atom is 0.244 e. The molecule has 1 aromatic heterocycles. The lowest BCUT2D eigenvalue weighted by molar-refractivity contribution is -0.116. The number of aromatic nitrogens is 2. The quantitative estimate of drug-likeness (QED) is 0.761. The minimum absolute atomic E-state index is 0.112. The first-order valence-electron chi connectivity index (χ1n) is 6.30. The van der Waals surface area contributed by atoms with Crippen LogP contribution in [0.15, 0.2) is 53.0 Å². The average molecular weight is 365 g/mol. The van der Waals surface area contributed by atoms with Crippen LogP contribution in [0.25, 0.3) is 11.0 Å². The number of imidazole rings is 1. The Bertz CT molecular complexity index is 816. The lowest BCUT2D eigenvalue weighted by Crippen LogP contribution is -2.19. The van der Waals surface area contributed by atoms with Crippen LogP contribution < -0.4 is 5.32 Å². The zero-order valence-electron chi connectivity index (χ0n) is 10.9. The van der Waals surface area contributed by atoms with Crippen LogP contribution in [0.5, 0.6) is 0 Å². The normalized spacial score (nSPS) is 10.8. The minimum Gasteiger partial charge on any atom is -0.324 e. The van der Waals surface area contributed by atoms with Gasteiger partial charge in [0.15, 0.2) is 0 Å². The second-order valence-electron chi connectivity index (χ2n) is 4.48. The molecular formula is C15H11BrClN3O. The van der Waals surface area contributed by atoms with Crippen LogP contribution in [-0.4, -0.2) is 15.5 Å². The van der Waals surface area contributed by atoms with Crippen molar-refractivity contribution in [1.29, 1.82) is 0 Å². The van der Waals surface area contributed by atoms with Gasteiger partial charge in [-0.1, -0.05) is 24.3 Å². The summed E-state index contributed by atoms with van der Waals surface area (Å²) in [6.07, 6.45) is 0. The van der Waals surface area contributed by atoms with E-state index in [1.54, 1.807) is 4.57 Å². The number of benzene rings is 2. The lowest BCUT2D eigenvalue weighted by atomic mass is 10.3. The Hall–Kier alpha value is -1.85. The molecule has 1 amide bonds. The topological polar surface area (TPSA) is 46.9 Å². The number of para-hydroxylation sites is 3. The number of nitrogens with zero attached hydrogens (tertiary/aromatic N) is 2. The predicted molar refractivity (Wildman–Crippen MR) is 87.5 cm³/mol. The molecule has 3 aromatic rings. The summed E-state index contributed by atoms with van der Waals surface area (Å²) >= 11 is 9.51. The molecule has 21 heavy (non-hydrogen) atoms. The van der Waals surface area contributed by atoms with Gasteiger partial charge in [0.25, 0.3) is 0 Å². The monoisotopic (exact) mass is 363 g/mol. The van der Waals surface area contributed by atoms with Crippen LogP contribution in [0.1, 0.15) is 0 Å². The molecule has 4 nitrogen and oxygen atoms in total. The fourth-order valence-corrected chi connectivity index (χ4v) is 2.72. The standard InChI is InChI=1S/C15H11BrClN3O/c16-10-5-1-2-6-11(10)18-14(21)9-20-13-8-4-3-7-12(13)19-15(20)17/h1-8H,9H2,(H,18,21). The van der Waals surface area contributed by atoms with Crippen LogP contribution in [-0.2, 0) is 11.3 Å². The summed E-state index contributed by atoms with van der Waals surface area (Å²) in [6, 6.07) is 15.0. The van der Waals surface area contributed by atoms with Crippen molar-refractivity contribution in [3.63, 3.8) is 0 Å². The summed E-state index contributed by atoms with van der Waals surface area (Å²) in [5.74, 6) is -0.160. The number of halogens is 2. The third-order valence-electron chi connectivity index (χ3n) is 3.06. The van der Waals surface area contributed by atoms with Gasteiger partial charge in [0.05, 0.1) is 16.7 Å². The summed E-state index contributed by atoms with van der Waals surface area (Å²) in [4.78, 5) is 16.4. The van der Waals surface area contributed by atoms with E-state index in [4.69, 9.17) is 11.6 Å². The second-order valence-corrected chi connectivity index (χ2v) is 5.68. The zero-order valence-corrected chi connectivity index (χ0v) is 13.2. The summed E-state index contributed by atoms with van der Waals surface area (Å²) in [7, 11) is 0. The zero-order chi connectivity index (χ0) is 14.8. The van der Waals surface area contributed by atoms with E-state index in [0.29, 0.717) is 5.28 Å². The van der Waals surface area contributed by atoms with Gasteiger partial charge in [0, 0.05) is 4.47 Å². The molecule has 2 aromatic carbocycles. The SMILES string of the molecule is O=C(Cn1c(Cl)nc2ccccc21)Nc1ccccc1Br. The van der Waals surface area contributed by atoms with Gasteiger partial charge < -0.3 is 9.88 Å². The highest BCUT2D eigenvalue weighted by Gasteiger charge is 2.12. The summed E-state index contributed by atoms with van der Waals surface area (Å²) in [5, 5.41) is 3.15. The largest absolute Gasteiger partial charge is 0.324 e. The molecule has 0 radical (unpaired) electrons. The Morgan fingerprint density at radius 1 is 1.19 bits per heavy atom. The van der Waals surface area contributed by atoms with Crippen LogP contribution >= 0.6 is 27.5 Å². The molecule has 0 spiro atoms. The summed E-state index contributed by atoms with van der Waals surface area (Å²) < 4.78 is 2.52. The molecule has 0 bridgehead atoms. The van der Waals surface area contributed by atoms with Crippen molar-refractivity contribution in [3.8, 4) is 0 Å². The first-order chi connectivity index (χ1) is 10.1. The Labute approximate surface area is 134 Å². The predicted octanol–water partition coefficient (Wildman–Crippen LogP) is 4.09. The number of fused-ring (bicyclic) bond motifs is 1. The summed E-state index contributed by atoms with van der Waals surface area (Å²) in [5.41, 5.74) is 2.34. The van der Waals surface area contributed by atoms with Crippen LogP contribution in [0.4, 0.5) is 5.69 Å². The van der Waals surface area contributed by atoms with Crippen molar-refractivity contribution >= 4 is 50.2 Å². The first-order valence-corrected chi connectivity index (χ1v) is 7.47. The number of nitrogens with one attached hydrogen (secondary N) is 1. The Kier molecular flexibility index (Phi) is 3.94. The van der Waals surface area contributed by atoms with E-state index in [-0.39, 0.29) is 12.5 Å². The molecule has 0 atom stereocenters. The Morgan fingerprint density at radius 3 is 2.71 bits per heavy atom. The second kappa shape index (κ2) is 5.87. The van der Waals surface area contributed by atoms with Crippen molar-refractivity contribution in [1.82, 2.24) is 9.55 Å². The van der Waals surface area contributed by atoms with Gasteiger partial charge in [-0.2, -0.15) is 0 Å². The highest BCUT2D eigenvalue weighted by Crippen LogP contribution is 2.22. The van der Waals surface area contributed by atoms with Gasteiger partial charge in [-0.3, -0.25) is 4.79 Å². The van der Waals surface area contributed by atoms with Gasteiger partial charge in [0.1, 0.15) is 6.54 Å². The van der Waals surface area contributed by atoms with Gasteiger partial charge in [-0.15, -0.1) is 0 Å². The van der Waals surface area contributed by atoms with Gasteiger partial charge in [0.2, 0.25) is 11.2 Å². The van der Waals surface area contributed by atoms with Crippen molar-refractivity contribution in [2.75, 3.05) is 5.32 Å². The van der Waals surface area contributed by atoms with E-state index in [9.17, 15) is 4.79 Å². The molecule has 0 saturated carbocycles. The smallest absolute Gasteiger partial charge is 0.244 e. The lowest BCUT2D eigenvalue weighted by Gasteiger charge is -2.09. The molecule has 1 heterocycles. The van der Waals surface area contributed by atoms with Crippen molar-refractivity contribution < 1.29 is 4.79 Å². The number of amides is 1. The molecule has 0 aliphatic rings. The van der Waals surface area contributed by atoms with Crippen molar-refractivity contribution in [3.05, 3.63) is 58.3 Å². The fraction of sp³-hybridized carbons (Fsp3) is 0.0667. The van der Waals surface area contributed by atoms with Crippen molar-refractivity contribution in [2.24, 2.45) is 0 Å². The third-order valence-corrected chi connectivity index (χ3v) is 4.04. The maximum atomic E-state index is 12.2. The Morgan fingerprint density at radius 2 is 1.90 bits per heavy atom. The van der Waals surface area contributed by atoms with Crippen LogP contribution in [0, 0.1) is 0 Å². The number of carbonyl (C=O) groups is 1. The highest BCUT2D eigenvalue weighted by molar-refractivity contribution is 9.10. The van der Waals surface area contributed by atoms with Crippen molar-refractivity contribution in [2.45, 2.75) is 6.54 Å². The number of carbonyl (C=O) groups excluding carboxylic acids is 1. The molecule has 6 heteroatoms. The average Bonchev–Trinajstić information content (AvgIpc) is 2.78. The molecule has 3 rings (SSSR count). The molecule has 1 N–H and O–H groups in total. The van der Waals surface area contributed by atoms with Gasteiger partial charge >= 0.3 is 0 Å². The van der Waals surface area contributed by atoms with E-state index in [1.165, 1.54) is 0 Å². The minimum atomic E-state index is -0.160. The van der Waals surface area contributed by atoms with E-state index >= 15 is 0 Å². The molecular weight excluding hydrogens is 354 g/mol. The van der Waals surface area contributed by atoms with Gasteiger partial charge in [-0.25, -0.2) is 4.98 Å². The molecule has 0 fully saturated rings. The van der Waals surface area contributed by atoms with E-state index in [2.05, 4.69) is 26.2 Å². The molecule has 106 valence electrons. The number of hydrogen-bond acceptors (Lipinski definition) is 2. The molecule has 0 saturated heterocycles. The molecule has 0 aliphatic carbocycles. The molecule has 0 unspecified atom stereocenters. The van der Waals surface area contributed by atoms with E-state index < -0.39 is 0 Å². The number of hydrogen-bond donors (Lipinski definition) is 1. The van der Waals surface area contributed by atoms with Gasteiger partial charge in [-0.05, 0) is 51.8 Å². The van der Waals surface area contributed by atoms with E-state index in [1.807, 2.05) is 48.5 Å². The van der Waals surface area contributed by atoms with E-state index in [0.717, 1.165) is 21.2 Å². The number of anilines is 1. The summed E-state index contributed by atoms with van der Waals surface area (Å²) in [6.45, 7) is 0.112. The number of rotatable bonds is 3. The highest BCUT2D eigenvalue weighted by atomic mass is 79.9. The third kappa shape index (κ3) is 2.94. The van der Waals surface area contributed by atoms with Crippen LogP contribution in [0.3, 0.4) is 0 Å². The maximum absolute atomic E-state index is 12.2. The Balaban J connectivity index is 1.84. The first kappa shape index (κ1) is 14.1.